The lowest BCUT2D eigenvalue weighted by molar-refractivity contribution is 0.0667. The van der Waals surface area contributed by atoms with Gasteiger partial charge in [0.2, 0.25) is 0 Å². The van der Waals surface area contributed by atoms with E-state index in [2.05, 4.69) is 16.3 Å². The predicted octanol–water partition coefficient (Wildman–Crippen LogP) is 3.26. The molecule has 3 heterocycles. The fraction of sp³-hybridized carbons (Fsp3) is 0.706. The van der Waals surface area contributed by atoms with Crippen LogP contribution in [0.4, 0.5) is 0 Å². The highest BCUT2D eigenvalue weighted by atomic mass is 35.5. The third-order valence-electron chi connectivity index (χ3n) is 5.40. The molecule has 1 aliphatic carbocycles. The molecule has 4 rings (SSSR count). The van der Waals surface area contributed by atoms with Gasteiger partial charge in [-0.2, -0.15) is 0 Å². The fourth-order valence-electron chi connectivity index (χ4n) is 4.16. The molecule has 0 bridgehead atoms. The summed E-state index contributed by atoms with van der Waals surface area (Å²) in [7, 11) is 0. The molecule has 1 N–H and O–H groups in total. The Bertz CT molecular complexity index is 521. The highest BCUT2D eigenvalue weighted by Gasteiger charge is 2.35. The minimum Gasteiger partial charge on any atom is -0.338 e. The first kappa shape index (κ1) is 16.3. The Labute approximate surface area is 142 Å². The quantitative estimate of drug-likeness (QED) is 0.796. The summed E-state index contributed by atoms with van der Waals surface area (Å²) in [6, 6.07) is 2.86. The molecule has 2 unspecified atom stereocenters. The van der Waals surface area contributed by atoms with Gasteiger partial charge in [-0.05, 0) is 62.6 Å². The number of fused-ring (bicyclic) bond motifs is 2. The SMILES string of the molecule is Cl.O=C(c1cc2c(s1)CCCCC2)N1CCC2NCCC2C1. The molecule has 1 aromatic rings. The third kappa shape index (κ3) is 3.06. The lowest BCUT2D eigenvalue weighted by Crippen LogP contribution is -2.46. The number of aryl methyl sites for hydroxylation is 2. The zero-order chi connectivity index (χ0) is 14.2. The van der Waals surface area contributed by atoms with Crippen LogP contribution in [0.5, 0.6) is 0 Å². The van der Waals surface area contributed by atoms with Crippen molar-refractivity contribution in [2.24, 2.45) is 5.92 Å². The van der Waals surface area contributed by atoms with Gasteiger partial charge in [0, 0.05) is 24.0 Å². The smallest absolute Gasteiger partial charge is 0.263 e. The number of nitrogens with one attached hydrogen (secondary N) is 1. The zero-order valence-electron chi connectivity index (χ0n) is 13.0. The Morgan fingerprint density at radius 2 is 2.09 bits per heavy atom. The Hall–Kier alpha value is -0.580. The lowest BCUT2D eigenvalue weighted by Gasteiger charge is -2.34. The molecule has 2 saturated heterocycles. The van der Waals surface area contributed by atoms with Crippen LogP contribution in [-0.4, -0.2) is 36.5 Å². The van der Waals surface area contributed by atoms with Gasteiger partial charge < -0.3 is 10.2 Å². The monoisotopic (exact) mass is 340 g/mol. The zero-order valence-corrected chi connectivity index (χ0v) is 14.6. The Morgan fingerprint density at radius 1 is 1.23 bits per heavy atom. The van der Waals surface area contributed by atoms with Gasteiger partial charge in [-0.25, -0.2) is 0 Å². The van der Waals surface area contributed by atoms with Crippen molar-refractivity contribution in [2.75, 3.05) is 19.6 Å². The highest BCUT2D eigenvalue weighted by molar-refractivity contribution is 7.14. The van der Waals surface area contributed by atoms with Crippen molar-refractivity contribution in [1.82, 2.24) is 10.2 Å². The molecule has 0 radical (unpaired) electrons. The second kappa shape index (κ2) is 6.90. The van der Waals surface area contributed by atoms with Gasteiger partial charge in [-0.15, -0.1) is 23.7 Å². The first-order chi connectivity index (χ1) is 10.3. The van der Waals surface area contributed by atoms with E-state index in [1.165, 1.54) is 49.0 Å². The summed E-state index contributed by atoms with van der Waals surface area (Å²) in [6.07, 6.45) is 8.64. The number of piperidine rings is 1. The molecular formula is C17H25ClN2OS. The Morgan fingerprint density at radius 3 is 3.00 bits per heavy atom. The molecule has 2 fully saturated rings. The van der Waals surface area contributed by atoms with E-state index in [1.54, 1.807) is 11.3 Å². The van der Waals surface area contributed by atoms with Crippen LogP contribution in [0.25, 0.3) is 0 Å². The number of likely N-dealkylation sites (tertiary alicyclic amines) is 1. The van der Waals surface area contributed by atoms with Crippen LogP contribution >= 0.6 is 23.7 Å². The number of hydrogen-bond donors (Lipinski definition) is 1. The number of thiophene rings is 1. The molecule has 1 amide bonds. The molecule has 3 aliphatic rings. The van der Waals surface area contributed by atoms with E-state index in [1.807, 2.05) is 0 Å². The maximum Gasteiger partial charge on any atom is 0.263 e. The number of hydrogen-bond acceptors (Lipinski definition) is 3. The van der Waals surface area contributed by atoms with E-state index < -0.39 is 0 Å². The molecule has 2 aliphatic heterocycles. The maximum absolute atomic E-state index is 12.8. The summed E-state index contributed by atoms with van der Waals surface area (Å²) < 4.78 is 0. The van der Waals surface area contributed by atoms with Crippen molar-refractivity contribution in [3.05, 3.63) is 21.4 Å². The number of amides is 1. The molecule has 122 valence electrons. The average Bonchev–Trinajstić information content (AvgIpc) is 3.08. The summed E-state index contributed by atoms with van der Waals surface area (Å²) in [6.45, 7) is 3.01. The van der Waals surface area contributed by atoms with Gasteiger partial charge >= 0.3 is 0 Å². The van der Waals surface area contributed by atoms with Gasteiger partial charge in [-0.3, -0.25) is 4.79 Å². The fourth-order valence-corrected chi connectivity index (χ4v) is 5.38. The van der Waals surface area contributed by atoms with Gasteiger partial charge in [-0.1, -0.05) is 6.42 Å². The molecular weight excluding hydrogens is 316 g/mol. The van der Waals surface area contributed by atoms with Crippen LogP contribution in [0.2, 0.25) is 0 Å². The second-order valence-corrected chi connectivity index (χ2v) is 7.91. The van der Waals surface area contributed by atoms with Gasteiger partial charge in [0.15, 0.2) is 0 Å². The van der Waals surface area contributed by atoms with Crippen molar-refractivity contribution >= 4 is 29.7 Å². The van der Waals surface area contributed by atoms with Crippen molar-refractivity contribution in [3.8, 4) is 0 Å². The molecule has 0 aromatic carbocycles. The summed E-state index contributed by atoms with van der Waals surface area (Å²) in [5.41, 5.74) is 1.46. The minimum atomic E-state index is 0. The van der Waals surface area contributed by atoms with Crippen molar-refractivity contribution in [1.29, 1.82) is 0 Å². The van der Waals surface area contributed by atoms with E-state index in [0.717, 1.165) is 30.9 Å². The minimum absolute atomic E-state index is 0. The van der Waals surface area contributed by atoms with Crippen LogP contribution in [0, 0.1) is 5.92 Å². The first-order valence-corrected chi connectivity index (χ1v) is 9.27. The van der Waals surface area contributed by atoms with Gasteiger partial charge in [0.25, 0.3) is 5.91 Å². The standard InChI is InChI=1S/C17H24N2OS.ClH/c20-17(19-9-7-14-13(11-19)6-8-18-14)16-10-12-4-2-1-3-5-15(12)21-16;/h10,13-14,18H,1-9,11H2;1H. The maximum atomic E-state index is 12.8. The molecule has 2 atom stereocenters. The molecule has 0 spiro atoms. The van der Waals surface area contributed by atoms with Gasteiger partial charge in [0.1, 0.15) is 0 Å². The summed E-state index contributed by atoms with van der Waals surface area (Å²) >= 11 is 1.77. The highest BCUT2D eigenvalue weighted by Crippen LogP contribution is 2.31. The van der Waals surface area contributed by atoms with E-state index in [0.29, 0.717) is 17.9 Å². The summed E-state index contributed by atoms with van der Waals surface area (Å²) in [4.78, 5) is 17.4. The second-order valence-electron chi connectivity index (χ2n) is 6.77. The largest absolute Gasteiger partial charge is 0.338 e. The molecule has 5 heteroatoms. The van der Waals surface area contributed by atoms with Crippen LogP contribution < -0.4 is 5.32 Å². The van der Waals surface area contributed by atoms with Crippen molar-refractivity contribution < 1.29 is 4.79 Å². The van der Waals surface area contributed by atoms with Crippen LogP contribution in [0.15, 0.2) is 6.07 Å². The molecule has 22 heavy (non-hydrogen) atoms. The molecule has 3 nitrogen and oxygen atoms in total. The predicted molar refractivity (Wildman–Crippen MR) is 93.2 cm³/mol. The number of carbonyl (C=O) groups is 1. The number of nitrogens with zero attached hydrogens (tertiary/aromatic N) is 1. The topological polar surface area (TPSA) is 32.3 Å². The normalized spacial score (nSPS) is 27.5. The number of carbonyl (C=O) groups excluding carboxylic acids is 1. The Kier molecular flexibility index (Phi) is 5.10. The van der Waals surface area contributed by atoms with Gasteiger partial charge in [0.05, 0.1) is 4.88 Å². The van der Waals surface area contributed by atoms with Crippen molar-refractivity contribution in [2.45, 2.75) is 51.0 Å². The first-order valence-electron chi connectivity index (χ1n) is 8.45. The third-order valence-corrected chi connectivity index (χ3v) is 6.63. The van der Waals surface area contributed by atoms with E-state index in [9.17, 15) is 4.79 Å². The lowest BCUT2D eigenvalue weighted by atomic mass is 9.93. The Balaban J connectivity index is 0.00000144. The number of halogens is 1. The number of rotatable bonds is 1. The molecule has 0 saturated carbocycles. The van der Waals surface area contributed by atoms with Crippen LogP contribution in [0.3, 0.4) is 0 Å². The van der Waals surface area contributed by atoms with E-state index >= 15 is 0 Å². The van der Waals surface area contributed by atoms with Crippen molar-refractivity contribution in [3.63, 3.8) is 0 Å². The summed E-state index contributed by atoms with van der Waals surface area (Å²) in [5.74, 6) is 0.971. The summed E-state index contributed by atoms with van der Waals surface area (Å²) in [5, 5.41) is 3.57. The van der Waals surface area contributed by atoms with E-state index in [-0.39, 0.29) is 12.4 Å². The van der Waals surface area contributed by atoms with Crippen LogP contribution in [0.1, 0.15) is 52.2 Å². The van der Waals surface area contributed by atoms with E-state index in [4.69, 9.17) is 0 Å². The van der Waals surface area contributed by atoms with Crippen LogP contribution in [-0.2, 0) is 12.8 Å². The molecule has 1 aromatic heterocycles. The average molecular weight is 341 g/mol.